The third-order valence-electron chi connectivity index (χ3n) is 2.15. The van der Waals surface area contributed by atoms with E-state index in [4.69, 9.17) is 4.74 Å². The Balaban J connectivity index is 2.08. The van der Waals surface area contributed by atoms with E-state index in [1.165, 1.54) is 5.56 Å². The lowest BCUT2D eigenvalue weighted by Crippen LogP contribution is -1.89. The van der Waals surface area contributed by atoms with Gasteiger partial charge in [-0.25, -0.2) is 9.97 Å². The van der Waals surface area contributed by atoms with Crippen molar-refractivity contribution < 1.29 is 4.74 Å². The first-order valence-corrected chi connectivity index (χ1v) is 6.79. The van der Waals surface area contributed by atoms with Crippen molar-refractivity contribution in [3.05, 3.63) is 46.7 Å². The topological polar surface area (TPSA) is 35.0 Å². The first-order chi connectivity index (χ1) is 8.29. The van der Waals surface area contributed by atoms with Crippen molar-refractivity contribution in [2.75, 3.05) is 7.11 Å². The van der Waals surface area contributed by atoms with Crippen LogP contribution in [0, 0.1) is 0 Å². The van der Waals surface area contributed by atoms with Crippen LogP contribution in [0.2, 0.25) is 0 Å². The molecule has 0 atom stereocenters. The van der Waals surface area contributed by atoms with Gasteiger partial charge in [0.25, 0.3) is 0 Å². The third-order valence-corrected chi connectivity index (χ3v) is 3.85. The minimum atomic E-state index is 0.780. The van der Waals surface area contributed by atoms with Gasteiger partial charge in [0, 0.05) is 22.6 Å². The minimum Gasteiger partial charge on any atom is -0.497 e. The molecule has 0 saturated carbocycles. The number of thioether (sulfide) groups is 1. The second-order valence-electron chi connectivity index (χ2n) is 3.28. The molecule has 2 rings (SSSR count). The van der Waals surface area contributed by atoms with Crippen LogP contribution in [0.25, 0.3) is 0 Å². The summed E-state index contributed by atoms with van der Waals surface area (Å²) >= 11 is 5.12. The Hall–Kier alpha value is -1.07. The second-order valence-corrected chi connectivity index (χ2v) is 5.07. The lowest BCUT2D eigenvalue weighted by molar-refractivity contribution is 0.414. The number of hydrogen-bond donors (Lipinski definition) is 0. The highest BCUT2D eigenvalue weighted by Crippen LogP contribution is 2.27. The maximum atomic E-state index is 5.20. The Morgan fingerprint density at radius 3 is 2.76 bits per heavy atom. The third kappa shape index (κ3) is 3.44. The van der Waals surface area contributed by atoms with Crippen molar-refractivity contribution in [1.29, 1.82) is 0 Å². The fourth-order valence-corrected chi connectivity index (χ4v) is 2.66. The van der Waals surface area contributed by atoms with E-state index in [0.29, 0.717) is 0 Å². The van der Waals surface area contributed by atoms with Crippen molar-refractivity contribution in [3.63, 3.8) is 0 Å². The quantitative estimate of drug-likeness (QED) is 0.639. The first-order valence-electron chi connectivity index (χ1n) is 5.02. The molecule has 0 spiro atoms. The van der Waals surface area contributed by atoms with Gasteiger partial charge < -0.3 is 4.74 Å². The summed E-state index contributed by atoms with van der Waals surface area (Å²) in [5.41, 5.74) is 1.17. The molecular weight excluding hydrogens is 300 g/mol. The maximum absolute atomic E-state index is 5.20. The SMILES string of the molecule is COc1ccc(Br)c(CSc2ncccn2)c1. The van der Waals surface area contributed by atoms with Crippen molar-refractivity contribution in [2.45, 2.75) is 10.9 Å². The number of nitrogens with zero attached hydrogens (tertiary/aromatic N) is 2. The summed E-state index contributed by atoms with van der Waals surface area (Å²) in [5, 5.41) is 0.780. The van der Waals surface area contributed by atoms with Crippen LogP contribution in [0.1, 0.15) is 5.56 Å². The smallest absolute Gasteiger partial charge is 0.187 e. The van der Waals surface area contributed by atoms with Crippen LogP contribution >= 0.6 is 27.7 Å². The Bertz CT molecular complexity index is 493. The molecule has 0 aliphatic rings. The van der Waals surface area contributed by atoms with E-state index >= 15 is 0 Å². The Morgan fingerprint density at radius 1 is 1.29 bits per heavy atom. The van der Waals surface area contributed by atoms with Gasteiger partial charge >= 0.3 is 0 Å². The predicted molar refractivity (Wildman–Crippen MR) is 72.3 cm³/mol. The monoisotopic (exact) mass is 310 g/mol. The van der Waals surface area contributed by atoms with E-state index in [1.54, 1.807) is 31.3 Å². The average molecular weight is 311 g/mol. The summed E-state index contributed by atoms with van der Waals surface area (Å²) in [6.45, 7) is 0. The predicted octanol–water partition coefficient (Wildman–Crippen LogP) is 3.54. The molecule has 5 heteroatoms. The highest BCUT2D eigenvalue weighted by atomic mass is 79.9. The highest BCUT2D eigenvalue weighted by Gasteiger charge is 2.04. The molecule has 0 saturated heterocycles. The number of aromatic nitrogens is 2. The molecule has 1 aromatic heterocycles. The summed E-state index contributed by atoms with van der Waals surface area (Å²) in [4.78, 5) is 8.34. The van der Waals surface area contributed by atoms with Gasteiger partial charge in [-0.15, -0.1) is 0 Å². The summed E-state index contributed by atoms with van der Waals surface area (Å²) in [6.07, 6.45) is 3.49. The van der Waals surface area contributed by atoms with Gasteiger partial charge in [-0.2, -0.15) is 0 Å². The minimum absolute atomic E-state index is 0.780. The van der Waals surface area contributed by atoms with Gasteiger partial charge in [0.1, 0.15) is 5.75 Å². The summed E-state index contributed by atoms with van der Waals surface area (Å²) in [6, 6.07) is 7.74. The number of ether oxygens (including phenoxy) is 1. The number of rotatable bonds is 4. The van der Waals surface area contributed by atoms with E-state index in [1.807, 2.05) is 24.3 Å². The van der Waals surface area contributed by atoms with Crippen LogP contribution in [0.15, 0.2) is 46.3 Å². The van der Waals surface area contributed by atoms with Crippen molar-refractivity contribution >= 4 is 27.7 Å². The van der Waals surface area contributed by atoms with Gasteiger partial charge in [0.2, 0.25) is 0 Å². The average Bonchev–Trinajstić information content (AvgIpc) is 2.39. The van der Waals surface area contributed by atoms with Crippen LogP contribution in [0.4, 0.5) is 0 Å². The lowest BCUT2D eigenvalue weighted by Gasteiger charge is -2.06. The molecule has 1 aromatic carbocycles. The van der Waals surface area contributed by atoms with E-state index in [2.05, 4.69) is 25.9 Å². The summed E-state index contributed by atoms with van der Waals surface area (Å²) in [5.74, 6) is 1.67. The molecule has 0 N–H and O–H groups in total. The van der Waals surface area contributed by atoms with Gasteiger partial charge in [0.15, 0.2) is 5.16 Å². The molecule has 2 aromatic rings. The molecule has 0 unspecified atom stereocenters. The standard InChI is InChI=1S/C12H11BrN2OS/c1-16-10-3-4-11(13)9(7-10)8-17-12-14-5-2-6-15-12/h2-7H,8H2,1H3. The Morgan fingerprint density at radius 2 is 2.06 bits per heavy atom. The zero-order valence-electron chi connectivity index (χ0n) is 9.26. The van der Waals surface area contributed by atoms with Crippen LogP contribution < -0.4 is 4.74 Å². The fourth-order valence-electron chi connectivity index (χ4n) is 1.29. The van der Waals surface area contributed by atoms with Gasteiger partial charge in [0.05, 0.1) is 7.11 Å². The van der Waals surface area contributed by atoms with E-state index < -0.39 is 0 Å². The molecule has 0 fully saturated rings. The Labute approximate surface area is 113 Å². The highest BCUT2D eigenvalue weighted by molar-refractivity contribution is 9.10. The molecule has 0 bridgehead atoms. The van der Waals surface area contributed by atoms with Gasteiger partial charge in [-0.1, -0.05) is 27.7 Å². The summed E-state index contributed by atoms with van der Waals surface area (Å²) in [7, 11) is 1.67. The largest absolute Gasteiger partial charge is 0.497 e. The zero-order chi connectivity index (χ0) is 12.1. The first kappa shape index (κ1) is 12.4. The lowest BCUT2D eigenvalue weighted by atomic mass is 10.2. The number of methoxy groups -OCH3 is 1. The molecule has 1 heterocycles. The number of halogens is 1. The second kappa shape index (κ2) is 6.02. The van der Waals surface area contributed by atoms with E-state index in [0.717, 1.165) is 21.1 Å². The molecule has 88 valence electrons. The summed E-state index contributed by atoms with van der Waals surface area (Å²) < 4.78 is 6.27. The fraction of sp³-hybridized carbons (Fsp3) is 0.167. The molecule has 0 amide bonds. The molecule has 0 aliphatic carbocycles. The van der Waals surface area contributed by atoms with E-state index in [-0.39, 0.29) is 0 Å². The van der Waals surface area contributed by atoms with Crippen LogP contribution in [0.3, 0.4) is 0 Å². The van der Waals surface area contributed by atoms with E-state index in [9.17, 15) is 0 Å². The van der Waals surface area contributed by atoms with Crippen LogP contribution in [-0.4, -0.2) is 17.1 Å². The number of hydrogen-bond acceptors (Lipinski definition) is 4. The molecule has 0 radical (unpaired) electrons. The molecule has 0 aliphatic heterocycles. The van der Waals surface area contributed by atoms with Crippen molar-refractivity contribution in [2.24, 2.45) is 0 Å². The van der Waals surface area contributed by atoms with Crippen molar-refractivity contribution in [1.82, 2.24) is 9.97 Å². The van der Waals surface area contributed by atoms with Crippen LogP contribution in [-0.2, 0) is 5.75 Å². The Kier molecular flexibility index (Phi) is 4.39. The van der Waals surface area contributed by atoms with Crippen LogP contribution in [0.5, 0.6) is 5.75 Å². The molecule has 3 nitrogen and oxygen atoms in total. The normalized spacial score (nSPS) is 10.2. The van der Waals surface area contributed by atoms with Crippen molar-refractivity contribution in [3.8, 4) is 5.75 Å². The molecule has 17 heavy (non-hydrogen) atoms. The number of benzene rings is 1. The zero-order valence-corrected chi connectivity index (χ0v) is 11.7. The molecular formula is C12H11BrN2OS. The maximum Gasteiger partial charge on any atom is 0.187 e. The van der Waals surface area contributed by atoms with Gasteiger partial charge in [-0.05, 0) is 29.8 Å². The van der Waals surface area contributed by atoms with Gasteiger partial charge in [-0.3, -0.25) is 0 Å².